The van der Waals surface area contributed by atoms with Gasteiger partial charge in [0.05, 0.1) is 36.1 Å². The van der Waals surface area contributed by atoms with Crippen molar-refractivity contribution in [1.82, 2.24) is 9.97 Å². The predicted molar refractivity (Wildman–Crippen MR) is 121 cm³/mol. The second-order valence-corrected chi connectivity index (χ2v) is 9.24. The Morgan fingerprint density at radius 1 is 1.27 bits per heavy atom. The van der Waals surface area contributed by atoms with Gasteiger partial charge in [-0.15, -0.1) is 11.3 Å². The lowest BCUT2D eigenvalue weighted by Gasteiger charge is -2.13. The zero-order valence-corrected chi connectivity index (χ0v) is 18.9. The molecule has 4 rings (SSSR count). The van der Waals surface area contributed by atoms with Crippen LogP contribution in [0.15, 0.2) is 22.1 Å². The number of aryl methyl sites for hydroxylation is 2. The highest BCUT2D eigenvalue weighted by Crippen LogP contribution is 2.36. The van der Waals surface area contributed by atoms with Crippen LogP contribution >= 0.6 is 34.7 Å². The lowest BCUT2D eigenvalue weighted by molar-refractivity contribution is -0.113. The minimum Gasteiger partial charge on any atom is -0.495 e. The zero-order chi connectivity index (χ0) is 21.3. The zero-order valence-electron chi connectivity index (χ0n) is 16.5. The molecule has 0 saturated heterocycles. The number of methoxy groups -OCH3 is 2. The third-order valence-electron chi connectivity index (χ3n) is 4.89. The van der Waals surface area contributed by atoms with Crippen molar-refractivity contribution in [2.75, 3.05) is 25.3 Å². The van der Waals surface area contributed by atoms with Gasteiger partial charge in [0.1, 0.15) is 16.3 Å². The van der Waals surface area contributed by atoms with Gasteiger partial charge in [-0.25, -0.2) is 4.98 Å². The molecule has 1 aliphatic rings. The van der Waals surface area contributed by atoms with Crippen molar-refractivity contribution in [2.45, 2.75) is 30.8 Å². The summed E-state index contributed by atoms with van der Waals surface area (Å²) in [6, 6.07) is 3.18. The van der Waals surface area contributed by atoms with Gasteiger partial charge in [-0.1, -0.05) is 23.4 Å². The van der Waals surface area contributed by atoms with Crippen LogP contribution in [0.4, 0.5) is 5.69 Å². The first kappa shape index (κ1) is 21.0. The summed E-state index contributed by atoms with van der Waals surface area (Å²) in [6.07, 6.45) is 4.20. The van der Waals surface area contributed by atoms with Crippen molar-refractivity contribution in [3.05, 3.63) is 37.9 Å². The highest BCUT2D eigenvalue weighted by molar-refractivity contribution is 7.99. The van der Waals surface area contributed by atoms with E-state index in [0.717, 1.165) is 36.1 Å². The van der Waals surface area contributed by atoms with Gasteiger partial charge >= 0.3 is 0 Å². The Hall–Kier alpha value is -2.23. The second kappa shape index (κ2) is 8.87. The van der Waals surface area contributed by atoms with Gasteiger partial charge in [-0.3, -0.25) is 9.59 Å². The summed E-state index contributed by atoms with van der Waals surface area (Å²) >= 11 is 8.86. The number of fused-ring (bicyclic) bond motifs is 3. The minimum absolute atomic E-state index is 0.0770. The van der Waals surface area contributed by atoms with Crippen molar-refractivity contribution in [3.8, 4) is 11.5 Å². The van der Waals surface area contributed by atoms with Crippen LogP contribution in [0.5, 0.6) is 11.5 Å². The largest absolute Gasteiger partial charge is 0.495 e. The number of carbonyl (C=O) groups excluding carboxylic acids is 1. The van der Waals surface area contributed by atoms with Crippen LogP contribution in [0.25, 0.3) is 10.2 Å². The molecule has 3 aromatic rings. The Morgan fingerprint density at radius 2 is 2.03 bits per heavy atom. The maximum Gasteiger partial charge on any atom is 0.260 e. The fraction of sp³-hybridized carbons (Fsp3) is 0.350. The molecule has 2 heterocycles. The van der Waals surface area contributed by atoms with Gasteiger partial charge in [0.2, 0.25) is 5.91 Å². The van der Waals surface area contributed by atoms with E-state index in [1.54, 1.807) is 23.5 Å². The van der Waals surface area contributed by atoms with E-state index in [0.29, 0.717) is 32.8 Å². The number of nitrogens with one attached hydrogen (secondary N) is 2. The van der Waals surface area contributed by atoms with Crippen LogP contribution in [0, 0.1) is 0 Å². The number of aromatic amines is 1. The van der Waals surface area contributed by atoms with Crippen LogP contribution in [0.3, 0.4) is 0 Å². The molecule has 7 nitrogen and oxygen atoms in total. The Morgan fingerprint density at radius 3 is 2.80 bits per heavy atom. The standard InChI is InChI=1S/C20H20ClN3O4S2/c1-27-13-8-12(14(28-2)7-11(13)21)22-16(25)9-29-20-23-18(26)17-10-5-3-4-6-15(10)30-19(17)24-20/h7-8H,3-6,9H2,1-2H3,(H,22,25)(H,23,24,26). The summed E-state index contributed by atoms with van der Waals surface area (Å²) in [5, 5.41) is 4.31. The summed E-state index contributed by atoms with van der Waals surface area (Å²) in [5.41, 5.74) is 1.46. The Labute approximate surface area is 186 Å². The molecule has 0 atom stereocenters. The average Bonchev–Trinajstić information content (AvgIpc) is 3.12. The highest BCUT2D eigenvalue weighted by atomic mass is 35.5. The average molecular weight is 466 g/mol. The first-order valence-electron chi connectivity index (χ1n) is 9.39. The molecule has 0 bridgehead atoms. The van der Waals surface area contributed by atoms with Gasteiger partial charge < -0.3 is 19.8 Å². The van der Waals surface area contributed by atoms with Crippen molar-refractivity contribution >= 4 is 56.5 Å². The molecule has 30 heavy (non-hydrogen) atoms. The Balaban J connectivity index is 1.49. The third kappa shape index (κ3) is 4.14. The number of ether oxygens (including phenoxy) is 2. The smallest absolute Gasteiger partial charge is 0.260 e. The number of nitrogens with zero attached hydrogens (tertiary/aromatic N) is 1. The number of aromatic nitrogens is 2. The summed E-state index contributed by atoms with van der Waals surface area (Å²) in [7, 11) is 2.99. The second-order valence-electron chi connectivity index (χ2n) is 6.79. The highest BCUT2D eigenvalue weighted by Gasteiger charge is 2.20. The Bertz CT molecular complexity index is 1180. The van der Waals surface area contributed by atoms with Crippen molar-refractivity contribution in [3.63, 3.8) is 0 Å². The first-order valence-corrected chi connectivity index (χ1v) is 11.6. The summed E-state index contributed by atoms with van der Waals surface area (Å²) in [4.78, 5) is 34.5. The molecule has 2 aromatic heterocycles. The molecule has 0 unspecified atom stereocenters. The lowest BCUT2D eigenvalue weighted by Crippen LogP contribution is -2.16. The van der Waals surface area contributed by atoms with E-state index >= 15 is 0 Å². The van der Waals surface area contributed by atoms with Crippen molar-refractivity contribution in [2.24, 2.45) is 0 Å². The normalized spacial score (nSPS) is 13.2. The monoisotopic (exact) mass is 465 g/mol. The molecular formula is C20H20ClN3O4S2. The van der Waals surface area contributed by atoms with Gasteiger partial charge in [-0.05, 0) is 31.2 Å². The van der Waals surface area contributed by atoms with E-state index in [4.69, 9.17) is 21.1 Å². The number of carbonyl (C=O) groups is 1. The third-order valence-corrected chi connectivity index (χ3v) is 7.25. The summed E-state index contributed by atoms with van der Waals surface area (Å²) in [6.45, 7) is 0. The lowest BCUT2D eigenvalue weighted by atomic mass is 9.97. The van der Waals surface area contributed by atoms with E-state index < -0.39 is 0 Å². The van der Waals surface area contributed by atoms with Gasteiger partial charge in [-0.2, -0.15) is 0 Å². The molecule has 0 aliphatic heterocycles. The van der Waals surface area contributed by atoms with E-state index in [1.165, 1.54) is 30.9 Å². The van der Waals surface area contributed by atoms with Gasteiger partial charge in [0.15, 0.2) is 5.16 Å². The first-order chi connectivity index (χ1) is 14.5. The van der Waals surface area contributed by atoms with E-state index in [1.807, 2.05) is 0 Å². The molecule has 1 aromatic carbocycles. The molecule has 158 valence electrons. The van der Waals surface area contributed by atoms with Crippen LogP contribution in [0.1, 0.15) is 23.3 Å². The van der Waals surface area contributed by atoms with Crippen LogP contribution in [-0.4, -0.2) is 35.8 Å². The number of H-pyrrole nitrogens is 1. The molecule has 0 saturated carbocycles. The molecule has 10 heteroatoms. The maximum absolute atomic E-state index is 12.6. The van der Waals surface area contributed by atoms with Crippen LogP contribution in [0.2, 0.25) is 5.02 Å². The number of benzene rings is 1. The SMILES string of the molecule is COc1cc(NC(=O)CSc2nc3sc4c(c3c(=O)[nH]2)CCCC4)c(OC)cc1Cl. The molecule has 0 fully saturated rings. The predicted octanol–water partition coefficient (Wildman–Crippen LogP) is 4.26. The van der Waals surface area contributed by atoms with E-state index in [2.05, 4.69) is 15.3 Å². The van der Waals surface area contributed by atoms with Crippen molar-refractivity contribution in [1.29, 1.82) is 0 Å². The topological polar surface area (TPSA) is 93.3 Å². The number of halogens is 1. The number of anilines is 1. The summed E-state index contributed by atoms with van der Waals surface area (Å²) in [5.74, 6) is 0.666. The van der Waals surface area contributed by atoms with Crippen LogP contribution < -0.4 is 20.3 Å². The fourth-order valence-electron chi connectivity index (χ4n) is 3.49. The summed E-state index contributed by atoms with van der Waals surface area (Å²) < 4.78 is 10.5. The number of hydrogen-bond donors (Lipinski definition) is 2. The van der Waals surface area contributed by atoms with E-state index in [-0.39, 0.29) is 17.2 Å². The minimum atomic E-state index is -0.268. The van der Waals surface area contributed by atoms with Gasteiger partial charge in [0, 0.05) is 17.0 Å². The molecule has 0 spiro atoms. The van der Waals surface area contributed by atoms with Gasteiger partial charge in [0.25, 0.3) is 5.56 Å². The quantitative estimate of drug-likeness (QED) is 0.417. The molecule has 1 aliphatic carbocycles. The number of amides is 1. The Kier molecular flexibility index (Phi) is 6.21. The fourth-order valence-corrected chi connectivity index (χ4v) is 5.70. The molecule has 2 N–H and O–H groups in total. The number of hydrogen-bond acceptors (Lipinski definition) is 7. The maximum atomic E-state index is 12.6. The number of thiophene rings is 1. The molecular weight excluding hydrogens is 446 g/mol. The van der Waals surface area contributed by atoms with Crippen molar-refractivity contribution < 1.29 is 14.3 Å². The number of thioether (sulfide) groups is 1. The molecule has 0 radical (unpaired) electrons. The molecule has 1 amide bonds. The number of rotatable bonds is 6. The van der Waals surface area contributed by atoms with E-state index in [9.17, 15) is 9.59 Å². The van der Waals surface area contributed by atoms with Crippen LogP contribution in [-0.2, 0) is 17.6 Å².